The highest BCUT2D eigenvalue weighted by molar-refractivity contribution is 5.96. The molecule has 2 saturated heterocycles. The fourth-order valence-electron chi connectivity index (χ4n) is 8.34. The summed E-state index contributed by atoms with van der Waals surface area (Å²) in [6.07, 6.45) is 12.0. The number of carbonyl (C=O) groups excluding carboxylic acids is 2. The molecule has 2 heterocycles. The van der Waals surface area contributed by atoms with Gasteiger partial charge in [0.1, 0.15) is 0 Å². The van der Waals surface area contributed by atoms with Gasteiger partial charge in [-0.3, -0.25) is 9.59 Å². The summed E-state index contributed by atoms with van der Waals surface area (Å²) in [5.74, 6) is 2.56. The van der Waals surface area contributed by atoms with E-state index in [1.54, 1.807) is 0 Å². The molecule has 5 aliphatic rings. The average Bonchev–Trinajstić information content (AvgIpc) is 3.20. The minimum Gasteiger partial charge on any atom is -0.353 e. The van der Waals surface area contributed by atoms with Crippen molar-refractivity contribution in [2.24, 2.45) is 28.6 Å². The largest absolute Gasteiger partial charge is 0.353 e. The molecule has 2 aliphatic heterocycles. The number of hydrogen-bond acceptors (Lipinski definition) is 2. The first-order valence-corrected chi connectivity index (χ1v) is 12.1. The summed E-state index contributed by atoms with van der Waals surface area (Å²) in [5, 5.41) is 3.32. The lowest BCUT2D eigenvalue weighted by molar-refractivity contribution is -0.138. The van der Waals surface area contributed by atoms with Gasteiger partial charge in [-0.15, -0.1) is 0 Å². The molecule has 0 bridgehead atoms. The van der Waals surface area contributed by atoms with Crippen molar-refractivity contribution in [1.82, 2.24) is 10.2 Å². The summed E-state index contributed by atoms with van der Waals surface area (Å²) in [6, 6.07) is 1.10. The van der Waals surface area contributed by atoms with Crippen molar-refractivity contribution >= 4 is 11.8 Å². The maximum absolute atomic E-state index is 13.6. The predicted molar refractivity (Wildman–Crippen MR) is 114 cm³/mol. The van der Waals surface area contributed by atoms with Gasteiger partial charge in [0.2, 0.25) is 5.91 Å². The van der Waals surface area contributed by atoms with Crippen molar-refractivity contribution in [1.29, 1.82) is 0 Å². The first kappa shape index (κ1) is 19.6. The minimum absolute atomic E-state index is 0.0430. The van der Waals surface area contributed by atoms with E-state index in [4.69, 9.17) is 0 Å². The Kier molecular flexibility index (Phi) is 4.46. The Labute approximate surface area is 175 Å². The first-order chi connectivity index (χ1) is 13.8. The second-order valence-electron chi connectivity index (χ2n) is 11.4. The van der Waals surface area contributed by atoms with E-state index in [-0.39, 0.29) is 16.7 Å². The third-order valence-electron chi connectivity index (χ3n) is 10.1. The van der Waals surface area contributed by atoms with Gasteiger partial charge in [0.15, 0.2) is 0 Å². The maximum Gasteiger partial charge on any atom is 0.250 e. The van der Waals surface area contributed by atoms with Gasteiger partial charge in [-0.05, 0) is 88.4 Å². The summed E-state index contributed by atoms with van der Waals surface area (Å²) in [6.45, 7) is 9.27. The molecule has 0 aromatic heterocycles. The number of piperidine rings is 1. The Bertz CT molecular complexity index is 750. The molecular weight excluding hydrogens is 360 g/mol. The van der Waals surface area contributed by atoms with Crippen LogP contribution in [0.2, 0.25) is 0 Å². The number of nitrogens with zero attached hydrogens (tertiary/aromatic N) is 1. The van der Waals surface area contributed by atoms with Crippen LogP contribution in [0.15, 0.2) is 11.6 Å². The summed E-state index contributed by atoms with van der Waals surface area (Å²) in [7, 11) is 0. The highest BCUT2D eigenvalue weighted by Crippen LogP contribution is 2.64. The number of nitrogens with one attached hydrogen (secondary N) is 1. The van der Waals surface area contributed by atoms with Crippen LogP contribution >= 0.6 is 0 Å². The van der Waals surface area contributed by atoms with Crippen LogP contribution in [0.4, 0.5) is 0 Å². The van der Waals surface area contributed by atoms with Crippen LogP contribution in [0.25, 0.3) is 0 Å². The number of amides is 2. The summed E-state index contributed by atoms with van der Waals surface area (Å²) in [4.78, 5) is 27.8. The molecule has 160 valence electrons. The van der Waals surface area contributed by atoms with Crippen LogP contribution in [0.5, 0.6) is 0 Å². The molecule has 3 unspecified atom stereocenters. The van der Waals surface area contributed by atoms with Crippen molar-refractivity contribution in [2.45, 2.75) is 104 Å². The molecule has 3 aliphatic carbocycles. The second-order valence-corrected chi connectivity index (χ2v) is 11.4. The van der Waals surface area contributed by atoms with Crippen molar-refractivity contribution in [3.05, 3.63) is 11.6 Å². The molecule has 29 heavy (non-hydrogen) atoms. The number of rotatable bonds is 1. The lowest BCUT2D eigenvalue weighted by atomic mass is 9.47. The molecule has 4 heteroatoms. The van der Waals surface area contributed by atoms with E-state index in [1.807, 2.05) is 0 Å². The van der Waals surface area contributed by atoms with E-state index in [2.05, 4.69) is 44.0 Å². The highest BCUT2D eigenvalue weighted by atomic mass is 16.2. The number of allylic oxidation sites excluding steroid dienone is 1. The standard InChI is InChI=1S/C25H38N2O2/c1-15-5-6-16(2)27(15)23(29)20-9-8-18-17-7-10-21-25(4,14-12-22(28)26-21)19(17)11-13-24(18,20)3/h9,15-19,21H,5-8,10-14H2,1-4H3,(H,26,28)/t15?,16?,17-,18-,19+,21?,24-,25+/m0/s1. The maximum atomic E-state index is 13.6. The van der Waals surface area contributed by atoms with E-state index < -0.39 is 0 Å². The quantitative estimate of drug-likeness (QED) is 0.710. The van der Waals surface area contributed by atoms with Crippen molar-refractivity contribution in [2.75, 3.05) is 0 Å². The molecule has 8 atom stereocenters. The predicted octanol–water partition coefficient (Wildman–Crippen LogP) is 4.44. The molecule has 4 nitrogen and oxygen atoms in total. The Morgan fingerprint density at radius 1 is 1.03 bits per heavy atom. The molecular formula is C25H38N2O2. The Balaban J connectivity index is 1.39. The molecule has 0 aromatic rings. The van der Waals surface area contributed by atoms with Crippen LogP contribution in [-0.4, -0.2) is 34.8 Å². The zero-order chi connectivity index (χ0) is 20.6. The van der Waals surface area contributed by atoms with Crippen molar-refractivity contribution in [3.63, 3.8) is 0 Å². The van der Waals surface area contributed by atoms with E-state index in [0.29, 0.717) is 48.2 Å². The number of likely N-dealkylation sites (tertiary alicyclic amines) is 1. The van der Waals surface area contributed by atoms with Gasteiger partial charge in [-0.25, -0.2) is 0 Å². The van der Waals surface area contributed by atoms with Crippen LogP contribution in [0, 0.1) is 28.6 Å². The fourth-order valence-corrected chi connectivity index (χ4v) is 8.34. The molecule has 0 spiro atoms. The lowest BCUT2D eigenvalue weighted by Crippen LogP contribution is -2.61. The highest BCUT2D eigenvalue weighted by Gasteiger charge is 2.60. The third kappa shape index (κ3) is 2.69. The van der Waals surface area contributed by atoms with E-state index in [9.17, 15) is 9.59 Å². The van der Waals surface area contributed by atoms with Gasteiger partial charge >= 0.3 is 0 Å². The minimum atomic E-state index is 0.0430. The molecule has 2 saturated carbocycles. The molecule has 0 aromatic carbocycles. The van der Waals surface area contributed by atoms with Crippen LogP contribution in [-0.2, 0) is 9.59 Å². The number of carbonyl (C=O) groups is 2. The molecule has 1 N–H and O–H groups in total. The summed E-state index contributed by atoms with van der Waals surface area (Å²) >= 11 is 0. The Hall–Kier alpha value is -1.32. The molecule has 0 radical (unpaired) electrons. The van der Waals surface area contributed by atoms with Crippen LogP contribution in [0.3, 0.4) is 0 Å². The lowest BCUT2D eigenvalue weighted by Gasteiger charge is -2.60. The Morgan fingerprint density at radius 3 is 2.48 bits per heavy atom. The van der Waals surface area contributed by atoms with Gasteiger partial charge < -0.3 is 10.2 Å². The first-order valence-electron chi connectivity index (χ1n) is 12.1. The zero-order valence-electron chi connectivity index (χ0n) is 18.7. The molecule has 2 amide bonds. The van der Waals surface area contributed by atoms with Gasteiger partial charge in [0.25, 0.3) is 5.91 Å². The van der Waals surface area contributed by atoms with Gasteiger partial charge in [0.05, 0.1) is 0 Å². The van der Waals surface area contributed by atoms with Gasteiger partial charge in [0, 0.05) is 35.5 Å². The second kappa shape index (κ2) is 6.59. The number of fused-ring (bicyclic) bond motifs is 5. The zero-order valence-corrected chi connectivity index (χ0v) is 18.7. The monoisotopic (exact) mass is 398 g/mol. The smallest absolute Gasteiger partial charge is 0.250 e. The number of hydrogen-bond donors (Lipinski definition) is 1. The summed E-state index contributed by atoms with van der Waals surface area (Å²) < 4.78 is 0. The summed E-state index contributed by atoms with van der Waals surface area (Å²) in [5.41, 5.74) is 1.41. The normalized spacial score (nSPS) is 49.0. The van der Waals surface area contributed by atoms with E-state index >= 15 is 0 Å². The van der Waals surface area contributed by atoms with Crippen molar-refractivity contribution < 1.29 is 9.59 Å². The van der Waals surface area contributed by atoms with Crippen molar-refractivity contribution in [3.8, 4) is 0 Å². The molecule has 5 rings (SSSR count). The van der Waals surface area contributed by atoms with Crippen LogP contribution in [0.1, 0.15) is 85.5 Å². The van der Waals surface area contributed by atoms with E-state index in [1.165, 1.54) is 12.8 Å². The molecule has 4 fully saturated rings. The average molecular weight is 399 g/mol. The SMILES string of the molecule is CC1CCC(C)N1C(=O)C1=CC[C@H]2[C@@H]3CCC4NC(=O)CC[C@]4(C)[C@@H]3CC[C@]12C. The Morgan fingerprint density at radius 2 is 1.76 bits per heavy atom. The third-order valence-corrected chi connectivity index (χ3v) is 10.1. The fraction of sp³-hybridized carbons (Fsp3) is 0.840. The van der Waals surface area contributed by atoms with Gasteiger partial charge in [-0.2, -0.15) is 0 Å². The topological polar surface area (TPSA) is 49.4 Å². The van der Waals surface area contributed by atoms with Gasteiger partial charge in [-0.1, -0.05) is 19.9 Å². The van der Waals surface area contributed by atoms with E-state index in [0.717, 1.165) is 44.1 Å². The van der Waals surface area contributed by atoms with Crippen LogP contribution < -0.4 is 5.32 Å².